The molecule has 2 heteroatoms. The van der Waals surface area contributed by atoms with E-state index in [1.54, 1.807) is 0 Å². The zero-order valence-electron chi connectivity index (χ0n) is 33.1. The SMILES string of the molecule is CC1(C)c2cc(-c3ccc(-c4ccccc4)cc3)ccc2-c2ccc(N(c3ccc(-c4ccc5sc6ccccc6c5c4)cc3)c3ccccc3-c3ccccc3)cc21. The van der Waals surface area contributed by atoms with Gasteiger partial charge in [0.2, 0.25) is 0 Å². The Kier molecular flexibility index (Phi) is 8.43. The van der Waals surface area contributed by atoms with E-state index in [-0.39, 0.29) is 5.41 Å². The van der Waals surface area contributed by atoms with E-state index in [0.717, 1.165) is 17.1 Å². The first-order valence-electron chi connectivity index (χ1n) is 20.4. The first-order valence-corrected chi connectivity index (χ1v) is 21.2. The zero-order valence-corrected chi connectivity index (χ0v) is 33.9. The number of thiophene rings is 1. The molecule has 1 heterocycles. The van der Waals surface area contributed by atoms with Gasteiger partial charge in [0, 0.05) is 42.5 Å². The zero-order chi connectivity index (χ0) is 39.5. The van der Waals surface area contributed by atoms with Gasteiger partial charge < -0.3 is 4.90 Å². The van der Waals surface area contributed by atoms with Crippen LogP contribution in [0.15, 0.2) is 212 Å². The lowest BCUT2D eigenvalue weighted by Gasteiger charge is -2.30. The van der Waals surface area contributed by atoms with Crippen molar-refractivity contribution in [2.75, 3.05) is 4.90 Å². The quantitative estimate of drug-likeness (QED) is 0.156. The molecule has 0 aliphatic heterocycles. The maximum Gasteiger partial charge on any atom is 0.0540 e. The van der Waals surface area contributed by atoms with E-state index in [1.165, 1.54) is 86.9 Å². The van der Waals surface area contributed by atoms with Gasteiger partial charge in [0.05, 0.1) is 5.69 Å². The van der Waals surface area contributed by atoms with E-state index in [9.17, 15) is 0 Å². The number of nitrogens with zero attached hydrogens (tertiary/aromatic N) is 1. The van der Waals surface area contributed by atoms with Crippen LogP contribution in [-0.2, 0) is 5.41 Å². The number of para-hydroxylation sites is 1. The topological polar surface area (TPSA) is 3.24 Å². The molecule has 0 spiro atoms. The number of hydrogen-bond donors (Lipinski definition) is 0. The first kappa shape index (κ1) is 35.2. The number of anilines is 3. The Balaban J connectivity index is 0.991. The maximum atomic E-state index is 2.45. The van der Waals surface area contributed by atoms with Crippen molar-refractivity contribution in [1.29, 1.82) is 0 Å². The van der Waals surface area contributed by atoms with Gasteiger partial charge in [0.25, 0.3) is 0 Å². The lowest BCUT2D eigenvalue weighted by atomic mass is 9.81. The van der Waals surface area contributed by atoms with Crippen LogP contribution in [0.2, 0.25) is 0 Å². The lowest BCUT2D eigenvalue weighted by Crippen LogP contribution is -2.17. The molecule has 59 heavy (non-hydrogen) atoms. The van der Waals surface area contributed by atoms with Crippen molar-refractivity contribution in [3.63, 3.8) is 0 Å². The molecule has 280 valence electrons. The van der Waals surface area contributed by atoms with Crippen LogP contribution in [0.4, 0.5) is 17.1 Å². The fourth-order valence-corrected chi connectivity index (χ4v) is 10.3. The summed E-state index contributed by atoms with van der Waals surface area (Å²) in [6, 6.07) is 78.1. The average molecular weight is 772 g/mol. The largest absolute Gasteiger partial charge is 0.310 e. The van der Waals surface area contributed by atoms with E-state index in [1.807, 2.05) is 11.3 Å². The number of benzene rings is 9. The van der Waals surface area contributed by atoms with Gasteiger partial charge in [-0.05, 0) is 116 Å². The molecule has 1 aliphatic carbocycles. The molecule has 0 amide bonds. The summed E-state index contributed by atoms with van der Waals surface area (Å²) in [6.07, 6.45) is 0. The fraction of sp³-hybridized carbons (Fsp3) is 0.0526. The van der Waals surface area contributed by atoms with Crippen LogP contribution in [0.25, 0.3) is 75.8 Å². The maximum absolute atomic E-state index is 2.45. The predicted octanol–water partition coefficient (Wildman–Crippen LogP) is 16.5. The van der Waals surface area contributed by atoms with Crippen LogP contribution in [0, 0.1) is 0 Å². The fourth-order valence-electron chi connectivity index (χ4n) is 9.20. The highest BCUT2D eigenvalue weighted by atomic mass is 32.1. The monoisotopic (exact) mass is 771 g/mol. The Morgan fingerprint density at radius 2 is 0.831 bits per heavy atom. The summed E-state index contributed by atoms with van der Waals surface area (Å²) in [5, 5.41) is 2.64. The van der Waals surface area contributed by atoms with Gasteiger partial charge in [-0.15, -0.1) is 11.3 Å². The van der Waals surface area contributed by atoms with Gasteiger partial charge in [-0.25, -0.2) is 0 Å². The second-order valence-corrected chi connectivity index (χ2v) is 17.2. The Morgan fingerprint density at radius 1 is 0.339 bits per heavy atom. The Hall–Kier alpha value is -7.00. The molecular formula is C57H41NS. The standard InChI is InChI=1S/C57H41NS/c1-57(2)52-36-44(40-23-21-39(22-24-40)38-13-5-3-6-14-38)27-32-48(52)49-33-31-46(37-53(49)57)58(54-19-11-9-17-47(54)42-15-7-4-8-16-42)45-29-25-41(26-30-45)43-28-34-56-51(35-43)50-18-10-12-20-55(50)59-56/h3-37H,1-2H3. The minimum absolute atomic E-state index is 0.195. The molecule has 0 unspecified atom stereocenters. The van der Waals surface area contributed by atoms with Crippen molar-refractivity contribution < 1.29 is 0 Å². The van der Waals surface area contributed by atoms with E-state index < -0.39 is 0 Å². The van der Waals surface area contributed by atoms with Gasteiger partial charge in [0.15, 0.2) is 0 Å². The van der Waals surface area contributed by atoms with Crippen molar-refractivity contribution in [3.8, 4) is 55.6 Å². The van der Waals surface area contributed by atoms with Gasteiger partial charge in [-0.1, -0.05) is 172 Å². The van der Waals surface area contributed by atoms with Crippen LogP contribution in [0.5, 0.6) is 0 Å². The first-order chi connectivity index (χ1) is 29.0. The summed E-state index contributed by atoms with van der Waals surface area (Å²) in [5.74, 6) is 0. The summed E-state index contributed by atoms with van der Waals surface area (Å²) < 4.78 is 2.66. The highest BCUT2D eigenvalue weighted by Gasteiger charge is 2.36. The van der Waals surface area contributed by atoms with Crippen molar-refractivity contribution in [3.05, 3.63) is 223 Å². The van der Waals surface area contributed by atoms with Crippen LogP contribution in [0.1, 0.15) is 25.0 Å². The van der Waals surface area contributed by atoms with Crippen LogP contribution >= 0.6 is 11.3 Å². The molecule has 0 N–H and O–H groups in total. The molecule has 0 fully saturated rings. The van der Waals surface area contributed by atoms with E-state index in [0.29, 0.717) is 0 Å². The van der Waals surface area contributed by atoms with Crippen molar-refractivity contribution in [1.82, 2.24) is 0 Å². The second-order valence-electron chi connectivity index (χ2n) is 16.1. The molecule has 1 aromatic heterocycles. The summed E-state index contributed by atoms with van der Waals surface area (Å²) >= 11 is 1.86. The molecule has 0 radical (unpaired) electrons. The summed E-state index contributed by atoms with van der Waals surface area (Å²) in [7, 11) is 0. The Bertz CT molecular complexity index is 3160. The third kappa shape index (κ3) is 6.07. The average Bonchev–Trinajstić information content (AvgIpc) is 3.78. The van der Waals surface area contributed by atoms with E-state index in [2.05, 4.69) is 231 Å². The molecule has 1 aliphatic rings. The Morgan fingerprint density at radius 3 is 1.58 bits per heavy atom. The van der Waals surface area contributed by atoms with Gasteiger partial charge in [-0.3, -0.25) is 0 Å². The summed E-state index contributed by atoms with van der Waals surface area (Å²) in [6.45, 7) is 4.77. The van der Waals surface area contributed by atoms with Gasteiger partial charge >= 0.3 is 0 Å². The molecule has 9 aromatic carbocycles. The molecule has 0 saturated heterocycles. The van der Waals surface area contributed by atoms with Crippen molar-refractivity contribution in [2.24, 2.45) is 0 Å². The summed E-state index contributed by atoms with van der Waals surface area (Å²) in [5.41, 5.74) is 18.3. The third-order valence-electron chi connectivity index (χ3n) is 12.3. The minimum Gasteiger partial charge on any atom is -0.310 e. The number of fused-ring (bicyclic) bond motifs is 6. The molecule has 11 rings (SSSR count). The normalized spacial score (nSPS) is 12.7. The predicted molar refractivity (Wildman–Crippen MR) is 253 cm³/mol. The van der Waals surface area contributed by atoms with Gasteiger partial charge in [0.1, 0.15) is 0 Å². The van der Waals surface area contributed by atoms with Crippen LogP contribution < -0.4 is 4.90 Å². The third-order valence-corrected chi connectivity index (χ3v) is 13.5. The van der Waals surface area contributed by atoms with Crippen molar-refractivity contribution in [2.45, 2.75) is 19.3 Å². The molecule has 1 nitrogen and oxygen atoms in total. The highest BCUT2D eigenvalue weighted by Crippen LogP contribution is 2.52. The number of hydrogen-bond acceptors (Lipinski definition) is 2. The van der Waals surface area contributed by atoms with E-state index in [4.69, 9.17) is 0 Å². The molecule has 0 saturated carbocycles. The summed E-state index contributed by atoms with van der Waals surface area (Å²) in [4.78, 5) is 2.45. The molecule has 0 bridgehead atoms. The number of rotatable bonds is 7. The van der Waals surface area contributed by atoms with Crippen molar-refractivity contribution >= 4 is 48.6 Å². The molecule has 10 aromatic rings. The second kappa shape index (κ2) is 14.1. The van der Waals surface area contributed by atoms with Crippen LogP contribution in [0.3, 0.4) is 0 Å². The lowest BCUT2D eigenvalue weighted by molar-refractivity contribution is 0.660. The van der Waals surface area contributed by atoms with E-state index >= 15 is 0 Å². The molecule has 0 atom stereocenters. The minimum atomic E-state index is -0.195. The smallest absolute Gasteiger partial charge is 0.0540 e. The Labute approximate surface area is 350 Å². The van der Waals surface area contributed by atoms with Crippen LogP contribution in [-0.4, -0.2) is 0 Å². The molecular weight excluding hydrogens is 731 g/mol. The van der Waals surface area contributed by atoms with Gasteiger partial charge in [-0.2, -0.15) is 0 Å². The highest BCUT2D eigenvalue weighted by molar-refractivity contribution is 7.25.